The number of nitrogens with zero attached hydrogens (tertiary/aromatic N) is 2. The summed E-state index contributed by atoms with van der Waals surface area (Å²) in [6.07, 6.45) is 1.14. The second kappa shape index (κ2) is 9.02. The summed E-state index contributed by atoms with van der Waals surface area (Å²) in [4.78, 5) is 51.7. The monoisotopic (exact) mass is 494 g/mol. The van der Waals surface area contributed by atoms with Gasteiger partial charge in [-0.1, -0.05) is 18.2 Å². The molecule has 2 aliphatic heterocycles. The van der Waals surface area contributed by atoms with Crippen LogP contribution in [-0.2, 0) is 11.2 Å². The van der Waals surface area contributed by atoms with Crippen LogP contribution in [0.2, 0.25) is 0 Å². The number of rotatable bonds is 6. The molecule has 36 heavy (non-hydrogen) atoms. The first-order valence-corrected chi connectivity index (χ1v) is 11.8. The fourth-order valence-corrected chi connectivity index (χ4v) is 5.58. The van der Waals surface area contributed by atoms with Gasteiger partial charge in [-0.3, -0.25) is 29.4 Å². The minimum atomic E-state index is -1.23. The second-order valence-corrected chi connectivity index (χ2v) is 10.8. The van der Waals surface area contributed by atoms with Crippen molar-refractivity contribution in [3.63, 3.8) is 0 Å². The number of hydrogen-bond acceptors (Lipinski definition) is 7. The third-order valence-electron chi connectivity index (χ3n) is 6.64. The Bertz CT molecular complexity index is 1200. The van der Waals surface area contributed by atoms with E-state index in [9.17, 15) is 29.6 Å². The number of nitro benzene ring substituents is 1. The zero-order chi connectivity index (χ0) is 26.4. The van der Waals surface area contributed by atoms with Gasteiger partial charge in [0.2, 0.25) is 5.91 Å². The zero-order valence-corrected chi connectivity index (χ0v) is 20.7. The maximum absolute atomic E-state index is 13.7. The fourth-order valence-electron chi connectivity index (χ4n) is 5.58. The summed E-state index contributed by atoms with van der Waals surface area (Å²) in [6, 6.07) is 8.68. The second-order valence-electron chi connectivity index (χ2n) is 10.8. The molecule has 0 radical (unpaired) electrons. The molecule has 0 aliphatic carbocycles. The molecule has 4 rings (SSSR count). The summed E-state index contributed by atoms with van der Waals surface area (Å²) in [5.41, 5.74) is -0.259. The molecule has 0 saturated carbocycles. The molecule has 3 amide bonds. The van der Waals surface area contributed by atoms with E-state index in [1.54, 1.807) is 12.1 Å². The molecule has 1 fully saturated rings. The maximum Gasteiger partial charge on any atom is 0.310 e. The van der Waals surface area contributed by atoms with E-state index in [4.69, 9.17) is 0 Å². The number of aromatic hydroxyl groups is 1. The number of benzene rings is 2. The van der Waals surface area contributed by atoms with Crippen LogP contribution in [0.5, 0.6) is 5.75 Å². The molecule has 190 valence electrons. The highest BCUT2D eigenvalue weighted by Gasteiger charge is 2.44. The Morgan fingerprint density at radius 2 is 1.67 bits per heavy atom. The number of nitrogens with one attached hydrogen (secondary N) is 2. The summed E-state index contributed by atoms with van der Waals surface area (Å²) >= 11 is 0. The minimum absolute atomic E-state index is 0.143. The smallest absolute Gasteiger partial charge is 0.310 e. The number of hydrogen-bond donors (Lipinski definition) is 3. The minimum Gasteiger partial charge on any atom is -0.502 e. The van der Waals surface area contributed by atoms with Crippen molar-refractivity contribution in [1.29, 1.82) is 0 Å². The molecule has 10 heteroatoms. The highest BCUT2D eigenvalue weighted by atomic mass is 16.6. The molecule has 2 aromatic rings. The lowest BCUT2D eigenvalue weighted by Gasteiger charge is -2.47. The van der Waals surface area contributed by atoms with Crippen LogP contribution in [0.1, 0.15) is 66.8 Å². The summed E-state index contributed by atoms with van der Waals surface area (Å²) in [7, 11) is 0. The van der Waals surface area contributed by atoms with Gasteiger partial charge >= 0.3 is 5.69 Å². The van der Waals surface area contributed by atoms with Gasteiger partial charge in [-0.05, 0) is 64.3 Å². The van der Waals surface area contributed by atoms with Gasteiger partial charge in [-0.15, -0.1) is 0 Å². The van der Waals surface area contributed by atoms with Crippen LogP contribution in [-0.4, -0.2) is 55.8 Å². The van der Waals surface area contributed by atoms with Crippen molar-refractivity contribution in [2.45, 2.75) is 70.1 Å². The average Bonchev–Trinajstić information content (AvgIpc) is 3.01. The van der Waals surface area contributed by atoms with Gasteiger partial charge in [0.05, 0.1) is 16.1 Å². The predicted octanol–water partition coefficient (Wildman–Crippen LogP) is 2.93. The predicted molar refractivity (Wildman–Crippen MR) is 132 cm³/mol. The first-order chi connectivity index (χ1) is 16.8. The molecule has 0 spiro atoms. The van der Waals surface area contributed by atoms with E-state index < -0.39 is 40.1 Å². The molecule has 0 bridgehead atoms. The molecule has 3 N–H and O–H groups in total. The van der Waals surface area contributed by atoms with Crippen molar-refractivity contribution in [2.75, 3.05) is 0 Å². The summed E-state index contributed by atoms with van der Waals surface area (Å²) in [5, 5.41) is 27.7. The van der Waals surface area contributed by atoms with Crippen LogP contribution >= 0.6 is 0 Å². The molecular weight excluding hydrogens is 464 g/mol. The third-order valence-corrected chi connectivity index (χ3v) is 6.64. The molecule has 10 nitrogen and oxygen atoms in total. The Hall–Kier alpha value is -3.79. The molecule has 0 unspecified atom stereocenters. The Morgan fingerprint density at radius 3 is 2.19 bits per heavy atom. The van der Waals surface area contributed by atoms with Crippen molar-refractivity contribution in [2.24, 2.45) is 0 Å². The van der Waals surface area contributed by atoms with Crippen LogP contribution in [0.25, 0.3) is 0 Å². The van der Waals surface area contributed by atoms with Crippen molar-refractivity contribution in [1.82, 2.24) is 15.5 Å². The van der Waals surface area contributed by atoms with Crippen LogP contribution in [0, 0.1) is 10.1 Å². The molecule has 2 aliphatic rings. The highest BCUT2D eigenvalue weighted by molar-refractivity contribution is 6.22. The summed E-state index contributed by atoms with van der Waals surface area (Å²) in [6.45, 7) is 8.18. The van der Waals surface area contributed by atoms with E-state index in [1.807, 2.05) is 27.7 Å². The van der Waals surface area contributed by atoms with Gasteiger partial charge < -0.3 is 15.7 Å². The van der Waals surface area contributed by atoms with Crippen LogP contribution < -0.4 is 10.6 Å². The van der Waals surface area contributed by atoms with Gasteiger partial charge in [0, 0.05) is 29.6 Å². The third kappa shape index (κ3) is 4.94. The van der Waals surface area contributed by atoms with Gasteiger partial charge in [-0.2, -0.15) is 0 Å². The van der Waals surface area contributed by atoms with Crippen LogP contribution in [0.15, 0.2) is 42.5 Å². The van der Waals surface area contributed by atoms with Crippen molar-refractivity contribution >= 4 is 23.4 Å². The van der Waals surface area contributed by atoms with E-state index in [0.717, 1.165) is 11.0 Å². The number of imide groups is 1. The molecule has 1 saturated heterocycles. The van der Waals surface area contributed by atoms with E-state index >= 15 is 0 Å². The lowest BCUT2D eigenvalue weighted by atomic mass is 9.79. The van der Waals surface area contributed by atoms with Gasteiger partial charge in [0.15, 0.2) is 5.75 Å². The normalized spacial score (nSPS) is 19.6. The Morgan fingerprint density at radius 1 is 1.11 bits per heavy atom. The lowest BCUT2D eigenvalue weighted by Crippen LogP contribution is -2.63. The van der Waals surface area contributed by atoms with Gasteiger partial charge in [0.1, 0.15) is 6.04 Å². The van der Waals surface area contributed by atoms with E-state index in [0.29, 0.717) is 18.4 Å². The average molecular weight is 495 g/mol. The van der Waals surface area contributed by atoms with Crippen LogP contribution in [0.3, 0.4) is 0 Å². The lowest BCUT2D eigenvalue weighted by molar-refractivity contribution is -0.385. The number of amides is 3. The topological polar surface area (TPSA) is 142 Å². The molecular formula is C26H30N4O6. The van der Waals surface area contributed by atoms with E-state index in [2.05, 4.69) is 10.6 Å². The number of nitro groups is 1. The standard InChI is InChI=1S/C26H30N4O6/c1-25(2)13-16(14-26(3,4)28-25)27-22(32)20(12-15-9-10-21(31)19(11-15)30(35)36)29-23(33)17-7-5-6-8-18(17)24(29)34/h5-11,16,20,28,31H,12-14H2,1-4H3,(H,27,32)/t20-/m0/s1. The fraction of sp³-hybridized carbons (Fsp3) is 0.423. The van der Waals surface area contributed by atoms with Gasteiger partial charge in [0.25, 0.3) is 11.8 Å². The molecule has 1 atom stereocenters. The number of piperidine rings is 1. The molecule has 2 heterocycles. The van der Waals surface area contributed by atoms with Crippen molar-refractivity contribution in [3.8, 4) is 5.75 Å². The Kier molecular flexibility index (Phi) is 6.34. The SMILES string of the molecule is CC1(C)CC(NC(=O)[C@H](Cc2ccc(O)c([N+](=O)[O-])c2)N2C(=O)c3ccccc3C2=O)CC(C)(C)N1. The number of carbonyl (C=O) groups excluding carboxylic acids is 3. The van der Waals surface area contributed by atoms with Crippen molar-refractivity contribution in [3.05, 3.63) is 69.3 Å². The van der Waals surface area contributed by atoms with Gasteiger partial charge in [-0.25, -0.2) is 0 Å². The summed E-state index contributed by atoms with van der Waals surface area (Å²) < 4.78 is 0. The molecule has 0 aromatic heterocycles. The van der Waals surface area contributed by atoms with Crippen molar-refractivity contribution < 1.29 is 24.4 Å². The van der Waals surface area contributed by atoms with E-state index in [1.165, 1.54) is 24.3 Å². The number of fused-ring (bicyclic) bond motifs is 1. The number of carbonyl (C=O) groups is 3. The highest BCUT2D eigenvalue weighted by Crippen LogP contribution is 2.31. The quantitative estimate of drug-likeness (QED) is 0.318. The Balaban J connectivity index is 1.68. The van der Waals surface area contributed by atoms with Crippen LogP contribution in [0.4, 0.5) is 5.69 Å². The molecule has 2 aromatic carbocycles. The number of phenolic OH excluding ortho intramolecular Hbond substituents is 1. The van der Waals surface area contributed by atoms with E-state index in [-0.39, 0.29) is 34.7 Å². The summed E-state index contributed by atoms with van der Waals surface area (Å²) in [5.74, 6) is -2.20. The Labute approximate surface area is 208 Å². The first-order valence-electron chi connectivity index (χ1n) is 11.8. The first kappa shape index (κ1) is 25.3. The zero-order valence-electron chi connectivity index (χ0n) is 20.7. The number of phenols is 1. The largest absolute Gasteiger partial charge is 0.502 e. The maximum atomic E-state index is 13.7.